The van der Waals surface area contributed by atoms with Crippen molar-refractivity contribution >= 4 is 34.3 Å². The van der Waals surface area contributed by atoms with Crippen molar-refractivity contribution in [1.29, 1.82) is 5.26 Å². The van der Waals surface area contributed by atoms with E-state index in [-0.39, 0.29) is 23.3 Å². The van der Waals surface area contributed by atoms with Crippen molar-refractivity contribution < 1.29 is 9.53 Å². The first-order valence-electron chi connectivity index (χ1n) is 10.5. The van der Waals surface area contributed by atoms with E-state index in [2.05, 4.69) is 16.4 Å². The SMILES string of the molecule is CC(C)OCCCn1c(SCC(=O)Nc2ccc(CC#N)cc2)nc2ccccc2c1=O. The van der Waals surface area contributed by atoms with Crippen molar-refractivity contribution in [2.75, 3.05) is 17.7 Å². The topological polar surface area (TPSA) is 97.0 Å². The number of benzene rings is 2. The molecule has 1 amide bonds. The zero-order valence-electron chi connectivity index (χ0n) is 18.2. The van der Waals surface area contributed by atoms with Crippen LogP contribution in [0.1, 0.15) is 25.8 Å². The van der Waals surface area contributed by atoms with Crippen LogP contribution in [0.15, 0.2) is 58.5 Å². The number of nitriles is 1. The molecule has 0 aliphatic heterocycles. The summed E-state index contributed by atoms with van der Waals surface area (Å²) in [6.45, 7) is 4.96. The third-order valence-corrected chi connectivity index (χ3v) is 5.63. The quantitative estimate of drug-likeness (QED) is 0.285. The molecular weight excluding hydrogens is 424 g/mol. The van der Waals surface area contributed by atoms with E-state index in [1.165, 1.54) is 11.8 Å². The van der Waals surface area contributed by atoms with Crippen LogP contribution in [0.25, 0.3) is 10.9 Å². The lowest BCUT2D eigenvalue weighted by Gasteiger charge is -2.14. The second kappa shape index (κ2) is 11.5. The van der Waals surface area contributed by atoms with Crippen LogP contribution < -0.4 is 10.9 Å². The third kappa shape index (κ3) is 6.42. The molecule has 1 aromatic heterocycles. The number of carbonyl (C=O) groups is 1. The Bertz CT molecular complexity index is 1170. The molecule has 0 saturated carbocycles. The van der Waals surface area contributed by atoms with Crippen molar-refractivity contribution in [2.24, 2.45) is 0 Å². The number of anilines is 1. The van der Waals surface area contributed by atoms with Gasteiger partial charge in [-0.25, -0.2) is 4.98 Å². The van der Waals surface area contributed by atoms with Crippen molar-refractivity contribution in [2.45, 2.75) is 44.5 Å². The Morgan fingerprint density at radius 2 is 1.97 bits per heavy atom. The summed E-state index contributed by atoms with van der Waals surface area (Å²) >= 11 is 1.23. The number of thioether (sulfide) groups is 1. The maximum atomic E-state index is 13.0. The summed E-state index contributed by atoms with van der Waals surface area (Å²) in [6.07, 6.45) is 1.14. The number of carbonyl (C=O) groups excluding carboxylic acids is 1. The molecule has 0 aliphatic carbocycles. The van der Waals surface area contributed by atoms with Gasteiger partial charge in [-0.3, -0.25) is 14.2 Å². The summed E-state index contributed by atoms with van der Waals surface area (Å²) in [5.41, 5.74) is 2.05. The molecule has 1 heterocycles. The molecule has 8 heteroatoms. The first-order chi connectivity index (χ1) is 15.5. The highest BCUT2D eigenvalue weighted by Gasteiger charge is 2.13. The fourth-order valence-electron chi connectivity index (χ4n) is 3.12. The normalized spacial score (nSPS) is 10.9. The molecule has 0 bridgehead atoms. The third-order valence-electron chi connectivity index (χ3n) is 4.66. The Morgan fingerprint density at radius 1 is 1.22 bits per heavy atom. The molecule has 3 rings (SSSR count). The smallest absolute Gasteiger partial charge is 0.262 e. The zero-order valence-corrected chi connectivity index (χ0v) is 19.0. The summed E-state index contributed by atoms with van der Waals surface area (Å²) in [6, 6.07) is 16.5. The number of ether oxygens (including phenoxy) is 1. The number of nitrogens with one attached hydrogen (secondary N) is 1. The van der Waals surface area contributed by atoms with E-state index in [1.807, 2.05) is 38.1 Å². The number of nitrogens with zero attached hydrogens (tertiary/aromatic N) is 3. The van der Waals surface area contributed by atoms with Gasteiger partial charge < -0.3 is 10.1 Å². The van der Waals surface area contributed by atoms with Gasteiger partial charge in [-0.1, -0.05) is 36.0 Å². The minimum absolute atomic E-state index is 0.115. The van der Waals surface area contributed by atoms with Crippen molar-refractivity contribution in [3.05, 3.63) is 64.4 Å². The Hall–Kier alpha value is -3.15. The van der Waals surface area contributed by atoms with Crippen LogP contribution >= 0.6 is 11.8 Å². The largest absolute Gasteiger partial charge is 0.379 e. The highest BCUT2D eigenvalue weighted by atomic mass is 32.2. The maximum Gasteiger partial charge on any atom is 0.262 e. The minimum Gasteiger partial charge on any atom is -0.379 e. The molecule has 32 heavy (non-hydrogen) atoms. The second-order valence-corrected chi connectivity index (χ2v) is 8.45. The average Bonchev–Trinajstić information content (AvgIpc) is 2.78. The Labute approximate surface area is 191 Å². The number of rotatable bonds is 10. The van der Waals surface area contributed by atoms with Gasteiger partial charge in [0.1, 0.15) is 0 Å². The van der Waals surface area contributed by atoms with Crippen molar-refractivity contribution in [3.63, 3.8) is 0 Å². The lowest BCUT2D eigenvalue weighted by molar-refractivity contribution is -0.113. The number of para-hydroxylation sites is 1. The van der Waals surface area contributed by atoms with E-state index in [0.29, 0.717) is 47.7 Å². The molecule has 3 aromatic rings. The van der Waals surface area contributed by atoms with Gasteiger partial charge in [0.15, 0.2) is 5.16 Å². The molecular formula is C24H26N4O3S. The predicted molar refractivity (Wildman–Crippen MR) is 127 cm³/mol. The number of fused-ring (bicyclic) bond motifs is 1. The predicted octanol–water partition coefficient (Wildman–Crippen LogP) is 4.01. The summed E-state index contributed by atoms with van der Waals surface area (Å²) in [4.78, 5) is 30.2. The first kappa shape index (κ1) is 23.5. The Balaban J connectivity index is 1.71. The van der Waals surface area contributed by atoms with Crippen LogP contribution in [0.5, 0.6) is 0 Å². The average molecular weight is 451 g/mol. The van der Waals surface area contributed by atoms with Crippen LogP contribution in [0.4, 0.5) is 5.69 Å². The monoisotopic (exact) mass is 450 g/mol. The zero-order chi connectivity index (χ0) is 22.9. The van der Waals surface area contributed by atoms with Gasteiger partial charge in [-0.15, -0.1) is 0 Å². The summed E-state index contributed by atoms with van der Waals surface area (Å²) < 4.78 is 7.22. The maximum absolute atomic E-state index is 13.0. The van der Waals surface area contributed by atoms with Gasteiger partial charge >= 0.3 is 0 Å². The highest BCUT2D eigenvalue weighted by molar-refractivity contribution is 7.99. The van der Waals surface area contributed by atoms with Gasteiger partial charge in [0.2, 0.25) is 5.91 Å². The van der Waals surface area contributed by atoms with Crippen LogP contribution in [0.2, 0.25) is 0 Å². The second-order valence-electron chi connectivity index (χ2n) is 7.51. The van der Waals surface area contributed by atoms with E-state index >= 15 is 0 Å². The van der Waals surface area contributed by atoms with E-state index in [4.69, 9.17) is 10.00 Å². The molecule has 0 atom stereocenters. The molecule has 0 spiro atoms. The molecule has 0 unspecified atom stereocenters. The lowest BCUT2D eigenvalue weighted by Crippen LogP contribution is -2.25. The summed E-state index contributed by atoms with van der Waals surface area (Å²) in [5, 5.41) is 12.7. The fourth-order valence-corrected chi connectivity index (χ4v) is 3.95. The number of hydrogen-bond donors (Lipinski definition) is 1. The van der Waals surface area contributed by atoms with E-state index in [1.54, 1.807) is 28.8 Å². The fraction of sp³-hybridized carbons (Fsp3) is 0.333. The standard InChI is InChI=1S/C24H26N4O3S/c1-17(2)31-15-5-14-28-23(30)20-6-3-4-7-21(20)27-24(28)32-16-22(29)26-19-10-8-18(9-11-19)12-13-25/h3-4,6-11,17H,5,12,14-16H2,1-2H3,(H,26,29). The van der Waals surface area contributed by atoms with E-state index < -0.39 is 0 Å². The molecule has 1 N–H and O–H groups in total. The van der Waals surface area contributed by atoms with E-state index in [0.717, 1.165) is 5.56 Å². The van der Waals surface area contributed by atoms with Crippen molar-refractivity contribution in [1.82, 2.24) is 9.55 Å². The van der Waals surface area contributed by atoms with E-state index in [9.17, 15) is 9.59 Å². The highest BCUT2D eigenvalue weighted by Crippen LogP contribution is 2.19. The molecule has 0 fully saturated rings. The molecule has 7 nitrogen and oxygen atoms in total. The molecule has 2 aromatic carbocycles. The van der Waals surface area contributed by atoms with Gasteiger partial charge in [-0.2, -0.15) is 5.26 Å². The van der Waals surface area contributed by atoms with Crippen molar-refractivity contribution in [3.8, 4) is 6.07 Å². The summed E-state index contributed by atoms with van der Waals surface area (Å²) in [5.74, 6) is -0.0760. The van der Waals surface area contributed by atoms with Crippen LogP contribution in [0, 0.1) is 11.3 Å². The first-order valence-corrected chi connectivity index (χ1v) is 11.5. The van der Waals surface area contributed by atoms with Crippen LogP contribution in [-0.4, -0.2) is 33.9 Å². The molecule has 0 radical (unpaired) electrons. The van der Waals surface area contributed by atoms with Gasteiger partial charge in [-0.05, 0) is 50.1 Å². The Morgan fingerprint density at radius 3 is 2.69 bits per heavy atom. The van der Waals surface area contributed by atoms with Gasteiger partial charge in [0.05, 0.1) is 35.2 Å². The summed E-state index contributed by atoms with van der Waals surface area (Å²) in [7, 11) is 0. The number of hydrogen-bond acceptors (Lipinski definition) is 6. The molecule has 0 saturated heterocycles. The number of amides is 1. The van der Waals surface area contributed by atoms with Crippen LogP contribution in [0.3, 0.4) is 0 Å². The lowest BCUT2D eigenvalue weighted by atomic mass is 10.1. The van der Waals surface area contributed by atoms with Gasteiger partial charge in [0.25, 0.3) is 5.56 Å². The minimum atomic E-state index is -0.194. The molecule has 0 aliphatic rings. The Kier molecular flexibility index (Phi) is 8.42. The van der Waals surface area contributed by atoms with Gasteiger partial charge in [0, 0.05) is 18.8 Å². The van der Waals surface area contributed by atoms with Crippen LogP contribution in [-0.2, 0) is 22.5 Å². The molecule has 166 valence electrons. The number of aromatic nitrogens is 2.